The Bertz CT molecular complexity index is 376. The quantitative estimate of drug-likeness (QED) is 0.792. The standard InChI is InChI=1S/C13H21F3N2S/c1-4-6-9(3)11(17-7-5-2)10-8-18-12(19-10)13(14,15)16/h8-9,11,17H,4-7H2,1-3H3. The Labute approximate surface area is 116 Å². The zero-order valence-electron chi connectivity index (χ0n) is 11.5. The molecular formula is C13H21F3N2S. The van der Waals surface area contributed by atoms with E-state index >= 15 is 0 Å². The molecule has 0 amide bonds. The highest BCUT2D eigenvalue weighted by Gasteiger charge is 2.35. The smallest absolute Gasteiger partial charge is 0.309 e. The van der Waals surface area contributed by atoms with Crippen molar-refractivity contribution in [2.24, 2.45) is 5.92 Å². The number of nitrogens with one attached hydrogen (secondary N) is 1. The Hall–Kier alpha value is -0.620. The summed E-state index contributed by atoms with van der Waals surface area (Å²) in [6.45, 7) is 7.01. The molecule has 1 aromatic heterocycles. The van der Waals surface area contributed by atoms with Gasteiger partial charge < -0.3 is 5.32 Å². The van der Waals surface area contributed by atoms with E-state index in [0.29, 0.717) is 10.8 Å². The fraction of sp³-hybridized carbons (Fsp3) is 0.769. The zero-order chi connectivity index (χ0) is 14.5. The average Bonchev–Trinajstić information content (AvgIpc) is 2.79. The number of hydrogen-bond donors (Lipinski definition) is 1. The molecule has 0 aromatic carbocycles. The molecule has 1 rings (SSSR count). The Morgan fingerprint density at radius 3 is 2.47 bits per heavy atom. The van der Waals surface area contributed by atoms with Gasteiger partial charge in [0, 0.05) is 17.1 Å². The second-order valence-corrected chi connectivity index (χ2v) is 5.83. The van der Waals surface area contributed by atoms with E-state index in [9.17, 15) is 13.2 Å². The molecule has 0 saturated heterocycles. The molecule has 1 aromatic rings. The molecule has 0 aliphatic carbocycles. The summed E-state index contributed by atoms with van der Waals surface area (Å²) < 4.78 is 37.8. The molecule has 6 heteroatoms. The van der Waals surface area contributed by atoms with Crippen LogP contribution < -0.4 is 5.32 Å². The molecule has 0 spiro atoms. The molecule has 2 nitrogen and oxygen atoms in total. The molecule has 2 atom stereocenters. The number of alkyl halides is 3. The number of halogens is 3. The van der Waals surface area contributed by atoms with Gasteiger partial charge in [-0.3, -0.25) is 0 Å². The summed E-state index contributed by atoms with van der Waals surface area (Å²) in [6.07, 6.45) is -0.00347. The molecule has 0 bridgehead atoms. The highest BCUT2D eigenvalue weighted by molar-refractivity contribution is 7.11. The van der Waals surface area contributed by atoms with E-state index in [1.165, 1.54) is 6.20 Å². The first kappa shape index (κ1) is 16.4. The summed E-state index contributed by atoms with van der Waals surface area (Å²) in [7, 11) is 0. The summed E-state index contributed by atoms with van der Waals surface area (Å²) in [5, 5.41) is 2.58. The maximum Gasteiger partial charge on any atom is 0.443 e. The third-order valence-corrected chi connectivity index (χ3v) is 4.13. The minimum absolute atomic E-state index is 0.0338. The largest absolute Gasteiger partial charge is 0.443 e. The third-order valence-electron chi connectivity index (χ3n) is 3.00. The number of nitrogens with zero attached hydrogens (tertiary/aromatic N) is 1. The van der Waals surface area contributed by atoms with Crippen molar-refractivity contribution >= 4 is 11.3 Å². The SMILES string of the molecule is CCCNC(c1cnc(C(F)(F)F)s1)C(C)CCC. The highest BCUT2D eigenvalue weighted by atomic mass is 32.1. The minimum Gasteiger partial charge on any atom is -0.309 e. The van der Waals surface area contributed by atoms with E-state index in [4.69, 9.17) is 0 Å². The average molecular weight is 294 g/mol. The Balaban J connectivity index is 2.87. The first-order chi connectivity index (χ1) is 8.90. The third kappa shape index (κ3) is 4.76. The molecule has 0 fully saturated rings. The van der Waals surface area contributed by atoms with Crippen molar-refractivity contribution in [3.05, 3.63) is 16.1 Å². The number of thiazole rings is 1. The predicted octanol–water partition coefficient (Wildman–Crippen LogP) is 4.64. The van der Waals surface area contributed by atoms with Crippen LogP contribution in [-0.2, 0) is 6.18 Å². The lowest BCUT2D eigenvalue weighted by Gasteiger charge is -2.23. The van der Waals surface area contributed by atoms with Gasteiger partial charge in [0.2, 0.25) is 0 Å². The van der Waals surface area contributed by atoms with E-state index in [2.05, 4.69) is 24.1 Å². The maximum atomic E-state index is 12.6. The highest BCUT2D eigenvalue weighted by Crippen LogP contribution is 2.36. The summed E-state index contributed by atoms with van der Waals surface area (Å²) in [4.78, 5) is 4.19. The van der Waals surface area contributed by atoms with Crippen molar-refractivity contribution in [1.29, 1.82) is 0 Å². The van der Waals surface area contributed by atoms with Crippen molar-refractivity contribution in [3.8, 4) is 0 Å². The van der Waals surface area contributed by atoms with Crippen LogP contribution in [0.3, 0.4) is 0 Å². The van der Waals surface area contributed by atoms with Crippen molar-refractivity contribution < 1.29 is 13.2 Å². The minimum atomic E-state index is -4.34. The van der Waals surface area contributed by atoms with Crippen LogP contribution in [0.15, 0.2) is 6.20 Å². The molecule has 0 radical (unpaired) electrons. The Morgan fingerprint density at radius 2 is 2.00 bits per heavy atom. The molecule has 19 heavy (non-hydrogen) atoms. The van der Waals surface area contributed by atoms with Gasteiger partial charge in [-0.25, -0.2) is 4.98 Å². The Morgan fingerprint density at radius 1 is 1.32 bits per heavy atom. The van der Waals surface area contributed by atoms with Gasteiger partial charge in [0.15, 0.2) is 5.01 Å². The van der Waals surface area contributed by atoms with Crippen molar-refractivity contribution in [2.75, 3.05) is 6.54 Å². The van der Waals surface area contributed by atoms with Gasteiger partial charge in [0.25, 0.3) is 0 Å². The van der Waals surface area contributed by atoms with Crippen LogP contribution in [0.2, 0.25) is 0 Å². The topological polar surface area (TPSA) is 24.9 Å². The number of hydrogen-bond acceptors (Lipinski definition) is 3. The number of rotatable bonds is 7. The molecule has 1 N–H and O–H groups in total. The maximum absolute atomic E-state index is 12.6. The Kier molecular flexibility index (Phi) is 6.26. The van der Waals surface area contributed by atoms with Gasteiger partial charge in [-0.05, 0) is 25.3 Å². The van der Waals surface area contributed by atoms with Crippen LogP contribution in [0.1, 0.15) is 56.0 Å². The summed E-state index contributed by atoms with van der Waals surface area (Å²) >= 11 is 0.754. The molecule has 2 unspecified atom stereocenters. The van der Waals surface area contributed by atoms with Gasteiger partial charge in [-0.15, -0.1) is 11.3 Å². The lowest BCUT2D eigenvalue weighted by Crippen LogP contribution is -2.27. The monoisotopic (exact) mass is 294 g/mol. The summed E-state index contributed by atoms with van der Waals surface area (Å²) in [6, 6.07) is -0.0338. The van der Waals surface area contributed by atoms with Crippen LogP contribution in [0.4, 0.5) is 13.2 Å². The summed E-state index contributed by atoms with van der Waals surface area (Å²) in [5.74, 6) is 0.304. The van der Waals surface area contributed by atoms with E-state index in [1.807, 2.05) is 6.92 Å². The molecule has 1 heterocycles. The number of aromatic nitrogens is 1. The molecule has 0 aliphatic rings. The molecular weight excluding hydrogens is 273 g/mol. The van der Waals surface area contributed by atoms with Crippen molar-refractivity contribution in [1.82, 2.24) is 10.3 Å². The van der Waals surface area contributed by atoms with Gasteiger partial charge in [-0.2, -0.15) is 13.2 Å². The first-order valence-electron chi connectivity index (χ1n) is 6.66. The van der Waals surface area contributed by atoms with Crippen molar-refractivity contribution in [3.63, 3.8) is 0 Å². The van der Waals surface area contributed by atoms with Gasteiger partial charge >= 0.3 is 6.18 Å². The lowest BCUT2D eigenvalue weighted by molar-refractivity contribution is -0.137. The second-order valence-electron chi connectivity index (χ2n) is 4.76. The second kappa shape index (κ2) is 7.24. The molecule has 0 aliphatic heterocycles. The molecule has 110 valence electrons. The predicted molar refractivity (Wildman–Crippen MR) is 72.2 cm³/mol. The van der Waals surface area contributed by atoms with Crippen LogP contribution in [-0.4, -0.2) is 11.5 Å². The first-order valence-corrected chi connectivity index (χ1v) is 7.48. The van der Waals surface area contributed by atoms with E-state index in [1.54, 1.807) is 0 Å². The van der Waals surface area contributed by atoms with Gasteiger partial charge in [0.05, 0.1) is 0 Å². The zero-order valence-corrected chi connectivity index (χ0v) is 12.4. The lowest BCUT2D eigenvalue weighted by atomic mass is 9.96. The molecule has 0 saturated carbocycles. The van der Waals surface area contributed by atoms with Gasteiger partial charge in [-0.1, -0.05) is 27.2 Å². The van der Waals surface area contributed by atoms with Crippen molar-refractivity contribution in [2.45, 2.75) is 52.3 Å². The normalized spacial score (nSPS) is 15.5. The van der Waals surface area contributed by atoms with Crippen LogP contribution in [0.25, 0.3) is 0 Å². The van der Waals surface area contributed by atoms with Gasteiger partial charge in [0.1, 0.15) is 0 Å². The van der Waals surface area contributed by atoms with E-state index in [0.717, 1.165) is 37.1 Å². The fourth-order valence-electron chi connectivity index (χ4n) is 2.07. The van der Waals surface area contributed by atoms with E-state index < -0.39 is 11.2 Å². The van der Waals surface area contributed by atoms with Crippen LogP contribution in [0.5, 0.6) is 0 Å². The van der Waals surface area contributed by atoms with Crippen LogP contribution in [0, 0.1) is 5.92 Å². The fourth-order valence-corrected chi connectivity index (χ4v) is 3.06. The summed E-state index contributed by atoms with van der Waals surface area (Å²) in [5.41, 5.74) is 0. The van der Waals surface area contributed by atoms with E-state index in [-0.39, 0.29) is 6.04 Å². The van der Waals surface area contributed by atoms with Crippen LogP contribution >= 0.6 is 11.3 Å².